The summed E-state index contributed by atoms with van der Waals surface area (Å²) in [6.07, 6.45) is 5.07. The van der Waals surface area contributed by atoms with Crippen molar-refractivity contribution in [3.63, 3.8) is 0 Å². The number of aromatic nitrogens is 3. The van der Waals surface area contributed by atoms with Gasteiger partial charge in [0.25, 0.3) is 0 Å². The van der Waals surface area contributed by atoms with Crippen molar-refractivity contribution in [3.8, 4) is 11.3 Å². The molecule has 0 spiro atoms. The number of aromatic amines is 1. The maximum atomic E-state index is 13.1. The maximum absolute atomic E-state index is 13.1. The van der Waals surface area contributed by atoms with Crippen LogP contribution in [0, 0.1) is 18.7 Å². The van der Waals surface area contributed by atoms with Crippen LogP contribution in [0.1, 0.15) is 24.0 Å². The maximum Gasteiger partial charge on any atom is 0.230 e. The predicted molar refractivity (Wildman–Crippen MR) is 115 cm³/mol. The number of piperidine rings is 1. The van der Waals surface area contributed by atoms with Crippen molar-refractivity contribution in [1.29, 1.82) is 0 Å². The molecule has 0 saturated carbocycles. The lowest BCUT2D eigenvalue weighted by Crippen LogP contribution is -2.44. The van der Waals surface area contributed by atoms with Gasteiger partial charge in [0.05, 0.1) is 18.0 Å². The van der Waals surface area contributed by atoms with Crippen molar-refractivity contribution in [1.82, 2.24) is 20.1 Å². The van der Waals surface area contributed by atoms with Crippen LogP contribution in [0.25, 0.3) is 11.3 Å². The van der Waals surface area contributed by atoms with Gasteiger partial charge in [0.1, 0.15) is 5.82 Å². The van der Waals surface area contributed by atoms with Gasteiger partial charge in [-0.2, -0.15) is 5.10 Å². The number of rotatable bonds is 5. The quantitative estimate of drug-likeness (QED) is 0.661. The Kier molecular flexibility index (Phi) is 6.06. The summed E-state index contributed by atoms with van der Waals surface area (Å²) in [7, 11) is 0. The Morgan fingerprint density at radius 3 is 2.68 bits per heavy atom. The van der Waals surface area contributed by atoms with Crippen LogP contribution in [-0.2, 0) is 16.0 Å². The number of nitrogens with zero attached hydrogens (tertiary/aromatic N) is 3. The Labute approximate surface area is 179 Å². The van der Waals surface area contributed by atoms with Gasteiger partial charge < -0.3 is 10.2 Å². The largest absolute Gasteiger partial charge is 0.342 e. The third-order valence-electron chi connectivity index (χ3n) is 5.63. The van der Waals surface area contributed by atoms with Crippen molar-refractivity contribution >= 4 is 17.6 Å². The van der Waals surface area contributed by atoms with Crippen molar-refractivity contribution in [2.75, 3.05) is 18.4 Å². The molecule has 0 bridgehead atoms. The van der Waals surface area contributed by atoms with Gasteiger partial charge in [0, 0.05) is 36.6 Å². The molecule has 7 nitrogen and oxygen atoms in total. The van der Waals surface area contributed by atoms with Crippen LogP contribution >= 0.6 is 0 Å². The lowest BCUT2D eigenvalue weighted by Gasteiger charge is -2.32. The molecule has 1 unspecified atom stereocenters. The molecule has 2 N–H and O–H groups in total. The number of hydrogen-bond acceptors (Lipinski definition) is 4. The Morgan fingerprint density at radius 2 is 1.94 bits per heavy atom. The van der Waals surface area contributed by atoms with Gasteiger partial charge in [-0.05, 0) is 49.6 Å². The van der Waals surface area contributed by atoms with Crippen LogP contribution in [0.2, 0.25) is 0 Å². The number of carbonyl (C=O) groups excluding carboxylic acids is 2. The first kappa shape index (κ1) is 20.7. The number of anilines is 1. The number of nitrogens with one attached hydrogen (secondary N) is 2. The van der Waals surface area contributed by atoms with E-state index in [1.54, 1.807) is 29.4 Å². The first-order valence-corrected chi connectivity index (χ1v) is 10.3. The zero-order valence-electron chi connectivity index (χ0n) is 17.3. The van der Waals surface area contributed by atoms with Gasteiger partial charge in [-0.15, -0.1) is 0 Å². The average Bonchev–Trinajstić information content (AvgIpc) is 3.16. The van der Waals surface area contributed by atoms with Gasteiger partial charge in [0.2, 0.25) is 11.8 Å². The predicted octanol–water partition coefficient (Wildman–Crippen LogP) is 3.34. The second-order valence-corrected chi connectivity index (χ2v) is 7.78. The average molecular weight is 421 g/mol. The summed E-state index contributed by atoms with van der Waals surface area (Å²) in [5, 5.41) is 10.1. The molecule has 3 heterocycles. The van der Waals surface area contributed by atoms with Gasteiger partial charge in [0.15, 0.2) is 5.82 Å². The molecule has 0 radical (unpaired) electrons. The molecule has 1 fully saturated rings. The molecule has 1 atom stereocenters. The summed E-state index contributed by atoms with van der Waals surface area (Å²) >= 11 is 0. The first-order chi connectivity index (χ1) is 15.0. The van der Waals surface area contributed by atoms with E-state index in [0.29, 0.717) is 25.3 Å². The summed E-state index contributed by atoms with van der Waals surface area (Å²) in [4.78, 5) is 31.3. The number of halogens is 1. The molecule has 4 rings (SSSR count). The highest BCUT2D eigenvalue weighted by Gasteiger charge is 2.29. The third kappa shape index (κ3) is 4.79. The summed E-state index contributed by atoms with van der Waals surface area (Å²) in [5.74, 6) is -0.334. The molecule has 31 heavy (non-hydrogen) atoms. The molecule has 1 aliphatic rings. The highest BCUT2D eigenvalue weighted by atomic mass is 19.1. The van der Waals surface area contributed by atoms with Crippen LogP contribution in [0.15, 0.2) is 48.8 Å². The zero-order valence-corrected chi connectivity index (χ0v) is 17.3. The van der Waals surface area contributed by atoms with Crippen LogP contribution < -0.4 is 5.32 Å². The second-order valence-electron chi connectivity index (χ2n) is 7.78. The van der Waals surface area contributed by atoms with Crippen LogP contribution in [0.3, 0.4) is 0 Å². The van der Waals surface area contributed by atoms with E-state index in [-0.39, 0.29) is 30.0 Å². The molecule has 3 aromatic rings. The molecule has 1 saturated heterocycles. The fourth-order valence-corrected chi connectivity index (χ4v) is 3.84. The fraction of sp³-hybridized carbons (Fsp3) is 0.304. The van der Waals surface area contributed by atoms with E-state index in [2.05, 4.69) is 20.5 Å². The minimum Gasteiger partial charge on any atom is -0.342 e. The number of benzene rings is 1. The van der Waals surface area contributed by atoms with Crippen LogP contribution in [0.4, 0.5) is 10.2 Å². The van der Waals surface area contributed by atoms with Crippen molar-refractivity contribution in [2.45, 2.75) is 26.2 Å². The van der Waals surface area contributed by atoms with Crippen molar-refractivity contribution < 1.29 is 14.0 Å². The monoisotopic (exact) mass is 421 g/mol. The molecule has 1 aliphatic heterocycles. The summed E-state index contributed by atoms with van der Waals surface area (Å²) < 4.78 is 13.1. The molecule has 8 heteroatoms. The molecule has 160 valence electrons. The molecule has 2 aromatic heterocycles. The second kappa shape index (κ2) is 9.07. The SMILES string of the molecule is Cc1c(NC(=O)C2CCCN(C(=O)Cc3ccc(F)cc3)C2)n[nH]c1-c1ccncc1. The Balaban J connectivity index is 1.38. The number of likely N-dealkylation sites (tertiary alicyclic amines) is 1. The van der Waals surface area contributed by atoms with Gasteiger partial charge in [-0.25, -0.2) is 4.39 Å². The highest BCUT2D eigenvalue weighted by Crippen LogP contribution is 2.26. The minimum absolute atomic E-state index is 0.0555. The summed E-state index contributed by atoms with van der Waals surface area (Å²) in [5.41, 5.74) is 3.38. The highest BCUT2D eigenvalue weighted by molar-refractivity contribution is 5.93. The molecule has 2 amide bonds. The third-order valence-corrected chi connectivity index (χ3v) is 5.63. The lowest BCUT2D eigenvalue weighted by molar-refractivity contribution is -0.133. The van der Waals surface area contributed by atoms with E-state index in [0.717, 1.165) is 28.8 Å². The first-order valence-electron chi connectivity index (χ1n) is 10.3. The smallest absolute Gasteiger partial charge is 0.230 e. The van der Waals surface area contributed by atoms with Gasteiger partial charge >= 0.3 is 0 Å². The van der Waals surface area contributed by atoms with Gasteiger partial charge in [-0.1, -0.05) is 12.1 Å². The van der Waals surface area contributed by atoms with E-state index in [1.807, 2.05) is 19.1 Å². The van der Waals surface area contributed by atoms with Crippen molar-refractivity contribution in [2.24, 2.45) is 5.92 Å². The van der Waals surface area contributed by atoms with E-state index >= 15 is 0 Å². The molecule has 0 aliphatic carbocycles. The normalized spacial score (nSPS) is 16.2. The Hall–Kier alpha value is -3.55. The van der Waals surface area contributed by atoms with Crippen LogP contribution in [-0.4, -0.2) is 45.0 Å². The van der Waals surface area contributed by atoms with Gasteiger partial charge in [-0.3, -0.25) is 19.7 Å². The van der Waals surface area contributed by atoms with E-state index in [9.17, 15) is 14.0 Å². The molecular formula is C23H24FN5O2. The Morgan fingerprint density at radius 1 is 1.19 bits per heavy atom. The Bertz CT molecular complexity index is 1070. The van der Waals surface area contributed by atoms with E-state index < -0.39 is 0 Å². The lowest BCUT2D eigenvalue weighted by atomic mass is 9.96. The molecular weight excluding hydrogens is 397 g/mol. The summed E-state index contributed by atoms with van der Waals surface area (Å²) in [6.45, 7) is 2.89. The number of H-pyrrole nitrogens is 1. The van der Waals surface area contributed by atoms with Crippen molar-refractivity contribution in [3.05, 3.63) is 65.7 Å². The standard InChI is InChI=1S/C23H24FN5O2/c1-15-21(17-8-10-25-11-9-17)27-28-22(15)26-23(31)18-3-2-12-29(14-18)20(30)13-16-4-6-19(24)7-5-16/h4-11,18H,2-3,12-14H2,1H3,(H2,26,27,28,31). The van der Waals surface area contributed by atoms with E-state index in [1.165, 1.54) is 12.1 Å². The zero-order chi connectivity index (χ0) is 21.8. The number of pyridine rings is 1. The number of amides is 2. The molecule has 1 aromatic carbocycles. The summed E-state index contributed by atoms with van der Waals surface area (Å²) in [6, 6.07) is 9.67. The van der Waals surface area contributed by atoms with E-state index in [4.69, 9.17) is 0 Å². The minimum atomic E-state index is -0.327. The topological polar surface area (TPSA) is 91.0 Å². The fourth-order valence-electron chi connectivity index (χ4n) is 3.84. The number of hydrogen-bond donors (Lipinski definition) is 2. The number of carbonyl (C=O) groups is 2. The van der Waals surface area contributed by atoms with Crippen LogP contribution in [0.5, 0.6) is 0 Å².